The summed E-state index contributed by atoms with van der Waals surface area (Å²) < 4.78 is 0. The fourth-order valence-electron chi connectivity index (χ4n) is 3.09. The number of nitrogens with one attached hydrogen (secondary N) is 2. The number of piperazine rings is 1. The summed E-state index contributed by atoms with van der Waals surface area (Å²) in [4.78, 5) is 38.4. The molecule has 2 aromatic carbocycles. The van der Waals surface area contributed by atoms with Crippen molar-refractivity contribution < 1.29 is 14.4 Å². The van der Waals surface area contributed by atoms with Gasteiger partial charge in [0.25, 0.3) is 11.8 Å². The molecule has 0 spiro atoms. The molecule has 3 rings (SSSR count). The third-order valence-corrected chi connectivity index (χ3v) is 4.34. The molecule has 140 valence electrons. The predicted molar refractivity (Wildman–Crippen MR) is 103 cm³/mol. The largest absolute Gasteiger partial charge is 0.353 e. The minimum absolute atomic E-state index is 0.0312. The van der Waals surface area contributed by atoms with E-state index >= 15 is 0 Å². The molecule has 2 aromatic rings. The van der Waals surface area contributed by atoms with Gasteiger partial charge in [-0.1, -0.05) is 30.3 Å². The van der Waals surface area contributed by atoms with Gasteiger partial charge in [0.1, 0.15) is 0 Å². The van der Waals surface area contributed by atoms with Crippen LogP contribution in [0.25, 0.3) is 11.1 Å². The Bertz CT molecular complexity index is 876. The number of rotatable bonds is 4. The van der Waals surface area contributed by atoms with Crippen molar-refractivity contribution in [2.45, 2.75) is 19.9 Å². The summed E-state index contributed by atoms with van der Waals surface area (Å²) in [6.45, 7) is 4.84. The van der Waals surface area contributed by atoms with Crippen LogP contribution in [0.3, 0.4) is 0 Å². The van der Waals surface area contributed by atoms with Crippen LogP contribution in [0.1, 0.15) is 34.6 Å². The molecule has 0 unspecified atom stereocenters. The quantitative estimate of drug-likeness (QED) is 0.871. The lowest BCUT2D eigenvalue weighted by molar-refractivity contribution is -0.123. The minimum atomic E-state index is -0.184. The van der Waals surface area contributed by atoms with E-state index in [1.54, 1.807) is 24.3 Å². The Kier molecular flexibility index (Phi) is 5.54. The Labute approximate surface area is 158 Å². The smallest absolute Gasteiger partial charge is 0.254 e. The average Bonchev–Trinajstić information content (AvgIpc) is 2.67. The van der Waals surface area contributed by atoms with E-state index in [1.807, 2.05) is 38.1 Å². The molecular formula is C21H23N3O3. The highest BCUT2D eigenvalue weighted by Crippen LogP contribution is 2.25. The van der Waals surface area contributed by atoms with E-state index in [0.29, 0.717) is 24.2 Å². The fraction of sp³-hybridized carbons (Fsp3) is 0.286. The zero-order valence-corrected chi connectivity index (χ0v) is 15.5. The third-order valence-electron chi connectivity index (χ3n) is 4.34. The molecule has 0 aliphatic carbocycles. The molecule has 2 N–H and O–H groups in total. The Morgan fingerprint density at radius 1 is 1.11 bits per heavy atom. The van der Waals surface area contributed by atoms with Gasteiger partial charge in [-0.05, 0) is 43.2 Å². The van der Waals surface area contributed by atoms with Gasteiger partial charge in [-0.15, -0.1) is 0 Å². The second-order valence-corrected chi connectivity index (χ2v) is 6.83. The Morgan fingerprint density at radius 3 is 2.63 bits per heavy atom. The molecule has 27 heavy (non-hydrogen) atoms. The van der Waals surface area contributed by atoms with Crippen LogP contribution in [0, 0.1) is 0 Å². The first-order valence-corrected chi connectivity index (χ1v) is 9.02. The highest BCUT2D eigenvalue weighted by atomic mass is 16.2. The van der Waals surface area contributed by atoms with Crippen LogP contribution in [0.15, 0.2) is 48.5 Å². The minimum Gasteiger partial charge on any atom is -0.353 e. The number of carbonyl (C=O) groups is 3. The topological polar surface area (TPSA) is 78.5 Å². The molecule has 1 saturated heterocycles. The van der Waals surface area contributed by atoms with Crippen LogP contribution in [0.4, 0.5) is 0 Å². The van der Waals surface area contributed by atoms with Crippen LogP contribution in [0.5, 0.6) is 0 Å². The third kappa shape index (κ3) is 4.34. The summed E-state index contributed by atoms with van der Waals surface area (Å²) >= 11 is 0. The van der Waals surface area contributed by atoms with E-state index in [-0.39, 0.29) is 30.3 Å². The maximum absolute atomic E-state index is 12.8. The summed E-state index contributed by atoms with van der Waals surface area (Å²) in [5.41, 5.74) is 2.62. The van der Waals surface area contributed by atoms with E-state index < -0.39 is 0 Å². The van der Waals surface area contributed by atoms with Crippen LogP contribution >= 0.6 is 0 Å². The number of hydrogen-bond donors (Lipinski definition) is 2. The number of hydrogen-bond acceptors (Lipinski definition) is 3. The van der Waals surface area contributed by atoms with Gasteiger partial charge < -0.3 is 15.5 Å². The lowest BCUT2D eigenvalue weighted by Gasteiger charge is -2.26. The molecular weight excluding hydrogens is 342 g/mol. The van der Waals surface area contributed by atoms with E-state index in [4.69, 9.17) is 0 Å². The van der Waals surface area contributed by atoms with Gasteiger partial charge in [-0.2, -0.15) is 0 Å². The highest BCUT2D eigenvalue weighted by Gasteiger charge is 2.23. The van der Waals surface area contributed by atoms with Crippen molar-refractivity contribution >= 4 is 17.7 Å². The lowest BCUT2D eigenvalue weighted by atomic mass is 9.97. The second-order valence-electron chi connectivity index (χ2n) is 6.83. The highest BCUT2D eigenvalue weighted by molar-refractivity contribution is 6.02. The van der Waals surface area contributed by atoms with Gasteiger partial charge in [0, 0.05) is 30.3 Å². The van der Waals surface area contributed by atoms with E-state index in [1.165, 1.54) is 4.90 Å². The monoisotopic (exact) mass is 365 g/mol. The second kappa shape index (κ2) is 8.03. The first kappa shape index (κ1) is 18.6. The predicted octanol–water partition coefficient (Wildman–Crippen LogP) is 2.06. The average molecular weight is 365 g/mol. The van der Waals surface area contributed by atoms with Gasteiger partial charge in [-0.25, -0.2) is 0 Å². The van der Waals surface area contributed by atoms with Crippen molar-refractivity contribution in [3.63, 3.8) is 0 Å². The molecule has 0 bridgehead atoms. The van der Waals surface area contributed by atoms with Crippen molar-refractivity contribution in [2.75, 3.05) is 19.6 Å². The van der Waals surface area contributed by atoms with E-state index in [0.717, 1.165) is 11.1 Å². The molecule has 1 aliphatic heterocycles. The molecule has 6 heteroatoms. The van der Waals surface area contributed by atoms with Crippen molar-refractivity contribution in [1.29, 1.82) is 0 Å². The number of carbonyl (C=O) groups excluding carboxylic acids is 3. The Morgan fingerprint density at radius 2 is 1.89 bits per heavy atom. The first-order valence-electron chi connectivity index (χ1n) is 9.02. The first-order chi connectivity index (χ1) is 13.0. The van der Waals surface area contributed by atoms with Crippen molar-refractivity contribution in [1.82, 2.24) is 15.5 Å². The molecule has 1 aliphatic rings. The normalized spacial score (nSPS) is 14.0. The van der Waals surface area contributed by atoms with Gasteiger partial charge in [0.05, 0.1) is 6.54 Å². The SMILES string of the molecule is CC(C)NC(=O)c1ccccc1-c1cccc(C(=O)N2CCNC(=O)C2)c1. The van der Waals surface area contributed by atoms with Gasteiger partial charge in [0.15, 0.2) is 0 Å². The molecule has 0 aromatic heterocycles. The summed E-state index contributed by atoms with van der Waals surface area (Å²) in [5, 5.41) is 5.62. The fourth-order valence-corrected chi connectivity index (χ4v) is 3.09. The molecule has 0 atom stereocenters. The van der Waals surface area contributed by atoms with E-state index in [9.17, 15) is 14.4 Å². The number of amides is 3. The summed E-state index contributed by atoms with van der Waals surface area (Å²) in [6.07, 6.45) is 0. The standard InChI is InChI=1S/C21H23N3O3/c1-14(2)23-20(26)18-9-4-3-8-17(18)15-6-5-7-16(12-15)21(27)24-11-10-22-19(25)13-24/h3-9,12,14H,10-11,13H2,1-2H3,(H,22,25)(H,23,26). The molecule has 0 saturated carbocycles. The lowest BCUT2D eigenvalue weighted by Crippen LogP contribution is -2.49. The van der Waals surface area contributed by atoms with Crippen LogP contribution in [-0.2, 0) is 4.79 Å². The Hall–Kier alpha value is -3.15. The van der Waals surface area contributed by atoms with Crippen LogP contribution < -0.4 is 10.6 Å². The van der Waals surface area contributed by atoms with Crippen molar-refractivity contribution in [2.24, 2.45) is 0 Å². The number of nitrogens with zero attached hydrogens (tertiary/aromatic N) is 1. The van der Waals surface area contributed by atoms with Crippen molar-refractivity contribution in [3.05, 3.63) is 59.7 Å². The molecule has 6 nitrogen and oxygen atoms in total. The molecule has 1 heterocycles. The molecule has 3 amide bonds. The maximum atomic E-state index is 12.8. The summed E-state index contributed by atoms with van der Waals surface area (Å²) in [5.74, 6) is -0.484. The van der Waals surface area contributed by atoms with Crippen LogP contribution in [-0.4, -0.2) is 48.3 Å². The van der Waals surface area contributed by atoms with Gasteiger partial charge in [0.2, 0.25) is 5.91 Å². The van der Waals surface area contributed by atoms with Gasteiger partial charge >= 0.3 is 0 Å². The summed E-state index contributed by atoms with van der Waals surface area (Å²) in [6, 6.07) is 14.5. The van der Waals surface area contributed by atoms with E-state index in [2.05, 4.69) is 10.6 Å². The zero-order chi connectivity index (χ0) is 19.4. The molecule has 1 fully saturated rings. The molecule has 0 radical (unpaired) electrons. The maximum Gasteiger partial charge on any atom is 0.254 e. The van der Waals surface area contributed by atoms with Gasteiger partial charge in [-0.3, -0.25) is 14.4 Å². The van der Waals surface area contributed by atoms with Crippen LogP contribution in [0.2, 0.25) is 0 Å². The van der Waals surface area contributed by atoms with Crippen molar-refractivity contribution in [3.8, 4) is 11.1 Å². The summed E-state index contributed by atoms with van der Waals surface area (Å²) in [7, 11) is 0. The zero-order valence-electron chi connectivity index (χ0n) is 15.5. The number of benzene rings is 2. The Balaban J connectivity index is 1.91.